The second kappa shape index (κ2) is 5.73. The number of hydrogen-bond donors (Lipinski definition) is 3. The number of aromatic nitrogens is 5. The summed E-state index contributed by atoms with van der Waals surface area (Å²) in [5.74, 6) is 4.25. The van der Waals surface area contributed by atoms with Gasteiger partial charge < -0.3 is 5.73 Å². The molecule has 0 aliphatic heterocycles. The Balaban J connectivity index is 2.26. The number of nitro groups is 1. The fourth-order valence-corrected chi connectivity index (χ4v) is 2.02. The van der Waals surface area contributed by atoms with Crippen LogP contribution in [0.2, 0.25) is 0 Å². The third kappa shape index (κ3) is 2.40. The Morgan fingerprint density at radius 3 is 2.79 bits per heavy atom. The van der Waals surface area contributed by atoms with E-state index >= 15 is 0 Å². The molecule has 0 bridgehead atoms. The minimum Gasteiger partial charge on any atom is -0.378 e. The highest BCUT2D eigenvalue weighted by Crippen LogP contribution is 2.28. The van der Waals surface area contributed by atoms with Crippen LogP contribution in [0.4, 0.5) is 11.5 Å². The van der Waals surface area contributed by atoms with Crippen LogP contribution in [0.5, 0.6) is 0 Å². The molecule has 3 rings (SSSR count). The molecule has 0 aliphatic carbocycles. The number of nitrogens with zero attached hydrogens (tertiary/aromatic N) is 6. The van der Waals surface area contributed by atoms with Gasteiger partial charge >= 0.3 is 0 Å². The molecule has 0 saturated heterocycles. The van der Waals surface area contributed by atoms with E-state index in [9.17, 15) is 14.9 Å². The van der Waals surface area contributed by atoms with Gasteiger partial charge in [0.05, 0.1) is 4.92 Å². The molecule has 0 spiro atoms. The van der Waals surface area contributed by atoms with E-state index < -0.39 is 10.8 Å². The number of hydrazine groups is 1. The predicted octanol–water partition coefficient (Wildman–Crippen LogP) is -0.589. The summed E-state index contributed by atoms with van der Waals surface area (Å²) in [6, 6.07) is 5.51. The number of nitrogens with two attached hydrogens (primary N) is 2. The molecule has 0 atom stereocenters. The third-order valence-corrected chi connectivity index (χ3v) is 3.04. The summed E-state index contributed by atoms with van der Waals surface area (Å²) < 4.78 is 5.58. The molecule has 1 amide bonds. The van der Waals surface area contributed by atoms with E-state index in [2.05, 4.69) is 25.3 Å². The molecular formula is C11H9N9O4. The average molecular weight is 331 g/mol. The van der Waals surface area contributed by atoms with Crippen molar-refractivity contribution in [2.24, 2.45) is 5.84 Å². The van der Waals surface area contributed by atoms with Crippen LogP contribution < -0.4 is 17.0 Å². The number of benzene rings is 1. The first-order valence-corrected chi connectivity index (χ1v) is 6.32. The van der Waals surface area contributed by atoms with Gasteiger partial charge in [-0.15, -0.1) is 5.10 Å². The quantitative estimate of drug-likeness (QED) is 0.240. The normalized spacial score (nSPS) is 10.5. The highest BCUT2D eigenvalue weighted by molar-refractivity contribution is 5.98. The molecule has 0 aliphatic rings. The number of nitro benzene ring substituents is 1. The van der Waals surface area contributed by atoms with Crippen LogP contribution in [0.3, 0.4) is 0 Å². The van der Waals surface area contributed by atoms with E-state index in [1.165, 1.54) is 24.3 Å². The minimum atomic E-state index is -0.752. The second-order valence-electron chi connectivity index (χ2n) is 4.45. The lowest BCUT2D eigenvalue weighted by Gasteiger charge is -2.05. The van der Waals surface area contributed by atoms with Crippen molar-refractivity contribution < 1.29 is 14.3 Å². The van der Waals surface area contributed by atoms with Crippen LogP contribution in [0.15, 0.2) is 28.9 Å². The molecule has 0 fully saturated rings. The smallest absolute Gasteiger partial charge is 0.288 e. The maximum absolute atomic E-state index is 11.9. The third-order valence-electron chi connectivity index (χ3n) is 3.04. The Kier molecular flexibility index (Phi) is 3.59. The summed E-state index contributed by atoms with van der Waals surface area (Å²) in [7, 11) is 0. The molecule has 2 heterocycles. The van der Waals surface area contributed by atoms with Crippen LogP contribution >= 0.6 is 0 Å². The largest absolute Gasteiger partial charge is 0.378 e. The zero-order chi connectivity index (χ0) is 17.3. The molecule has 0 radical (unpaired) electrons. The van der Waals surface area contributed by atoms with Crippen LogP contribution in [0.1, 0.15) is 10.5 Å². The van der Waals surface area contributed by atoms with Crippen molar-refractivity contribution in [3.63, 3.8) is 0 Å². The summed E-state index contributed by atoms with van der Waals surface area (Å²) in [6.45, 7) is 0. The number of carbonyl (C=O) groups is 1. The first-order chi connectivity index (χ1) is 11.5. The average Bonchev–Trinajstić information content (AvgIpc) is 3.19. The van der Waals surface area contributed by atoms with Gasteiger partial charge in [-0.3, -0.25) is 20.3 Å². The van der Waals surface area contributed by atoms with E-state index in [4.69, 9.17) is 11.6 Å². The van der Waals surface area contributed by atoms with E-state index in [0.29, 0.717) is 0 Å². The van der Waals surface area contributed by atoms with Crippen molar-refractivity contribution >= 4 is 17.4 Å². The first-order valence-electron chi connectivity index (χ1n) is 6.32. The Hall–Kier alpha value is -3.87. The molecule has 13 heteroatoms. The van der Waals surface area contributed by atoms with Gasteiger partial charge in [0.1, 0.15) is 5.69 Å². The number of carbonyl (C=O) groups excluding carboxylic acids is 1. The first kappa shape index (κ1) is 15.0. The monoisotopic (exact) mass is 331 g/mol. The fourth-order valence-electron chi connectivity index (χ4n) is 2.02. The number of hydrogen-bond acceptors (Lipinski definition) is 10. The molecule has 2 aromatic heterocycles. The number of non-ortho nitro benzene ring substituents is 1. The lowest BCUT2D eigenvalue weighted by atomic mass is 10.1. The Morgan fingerprint density at radius 1 is 1.38 bits per heavy atom. The highest BCUT2D eigenvalue weighted by atomic mass is 16.6. The maximum Gasteiger partial charge on any atom is 0.288 e. The Labute approximate surface area is 132 Å². The lowest BCUT2D eigenvalue weighted by molar-refractivity contribution is -0.384. The molecule has 24 heavy (non-hydrogen) atoms. The van der Waals surface area contributed by atoms with Crippen molar-refractivity contribution in [2.75, 3.05) is 5.73 Å². The van der Waals surface area contributed by atoms with E-state index in [0.717, 1.165) is 4.68 Å². The van der Waals surface area contributed by atoms with Crippen molar-refractivity contribution in [1.29, 1.82) is 0 Å². The van der Waals surface area contributed by atoms with Crippen molar-refractivity contribution in [3.05, 3.63) is 40.1 Å². The van der Waals surface area contributed by atoms with Gasteiger partial charge in [0, 0.05) is 17.7 Å². The molecule has 13 nitrogen and oxygen atoms in total. The van der Waals surface area contributed by atoms with Gasteiger partial charge in [0.2, 0.25) is 11.6 Å². The zero-order valence-electron chi connectivity index (χ0n) is 11.8. The maximum atomic E-state index is 11.9. The van der Waals surface area contributed by atoms with Gasteiger partial charge in [-0.1, -0.05) is 17.3 Å². The fraction of sp³-hybridized carbons (Fsp3) is 0. The van der Waals surface area contributed by atoms with Crippen molar-refractivity contribution in [3.8, 4) is 17.1 Å². The summed E-state index contributed by atoms with van der Waals surface area (Å²) in [5.41, 5.74) is 7.54. The number of amides is 1. The van der Waals surface area contributed by atoms with Gasteiger partial charge in [-0.25, -0.2) is 10.5 Å². The van der Waals surface area contributed by atoms with Crippen molar-refractivity contribution in [2.45, 2.75) is 0 Å². The number of rotatable bonds is 4. The van der Waals surface area contributed by atoms with Crippen molar-refractivity contribution in [1.82, 2.24) is 30.7 Å². The highest BCUT2D eigenvalue weighted by Gasteiger charge is 2.25. The summed E-state index contributed by atoms with van der Waals surface area (Å²) in [6.07, 6.45) is 0. The molecule has 3 aromatic rings. The molecular weight excluding hydrogens is 322 g/mol. The van der Waals surface area contributed by atoms with Crippen LogP contribution in [0.25, 0.3) is 17.1 Å². The molecule has 0 unspecified atom stereocenters. The molecule has 122 valence electrons. The van der Waals surface area contributed by atoms with E-state index in [-0.39, 0.29) is 34.3 Å². The standard InChI is InChI=1S/C11H9N9O4/c12-9-10(17-24-16-9)19-8(7(15-18-19)11(21)14-13)5-2-1-3-6(4-5)20(22)23/h1-4H,13H2,(H2,12,16)(H,14,21). The second-order valence-corrected chi connectivity index (χ2v) is 4.45. The van der Waals surface area contributed by atoms with Gasteiger partial charge in [-0.2, -0.15) is 4.68 Å². The lowest BCUT2D eigenvalue weighted by Crippen LogP contribution is -2.30. The van der Waals surface area contributed by atoms with Crippen LogP contribution in [0, 0.1) is 10.1 Å². The SMILES string of the molecule is NNC(=O)c1nnn(-c2nonc2N)c1-c1cccc([N+](=O)[O-])c1. The summed E-state index contributed by atoms with van der Waals surface area (Å²) in [4.78, 5) is 22.3. The van der Waals surface area contributed by atoms with E-state index in [1.807, 2.05) is 5.43 Å². The Bertz CT molecular complexity index is 931. The van der Waals surface area contributed by atoms with Crippen LogP contribution in [-0.2, 0) is 0 Å². The van der Waals surface area contributed by atoms with Gasteiger partial charge in [0.15, 0.2) is 5.69 Å². The molecule has 1 aromatic carbocycles. The zero-order valence-corrected chi connectivity index (χ0v) is 11.8. The van der Waals surface area contributed by atoms with E-state index in [1.54, 1.807) is 0 Å². The molecule has 5 N–H and O–H groups in total. The Morgan fingerprint density at radius 2 is 2.17 bits per heavy atom. The topological polar surface area (TPSA) is 194 Å². The van der Waals surface area contributed by atoms with Gasteiger partial charge in [0.25, 0.3) is 11.6 Å². The minimum absolute atomic E-state index is 0.0277. The number of nitrogens with one attached hydrogen (secondary N) is 1. The molecule has 0 saturated carbocycles. The van der Waals surface area contributed by atoms with Crippen LogP contribution in [-0.4, -0.2) is 36.1 Å². The summed E-state index contributed by atoms with van der Waals surface area (Å²) in [5, 5.41) is 25.5. The van der Waals surface area contributed by atoms with Gasteiger partial charge in [-0.05, 0) is 10.3 Å². The predicted molar refractivity (Wildman–Crippen MR) is 77.4 cm³/mol. The number of anilines is 1. The number of nitrogen functional groups attached to an aromatic ring is 2. The summed E-state index contributed by atoms with van der Waals surface area (Å²) >= 11 is 0.